The van der Waals surface area contributed by atoms with E-state index >= 15 is 0 Å². The largest absolute Gasteiger partial charge is 0.390 e. The van der Waals surface area contributed by atoms with E-state index in [0.717, 1.165) is 28.6 Å². The molecule has 2 aromatic rings. The first-order chi connectivity index (χ1) is 12.7. The van der Waals surface area contributed by atoms with Gasteiger partial charge in [0.2, 0.25) is 15.8 Å². The van der Waals surface area contributed by atoms with Crippen molar-refractivity contribution >= 4 is 27.3 Å². The van der Waals surface area contributed by atoms with Crippen molar-refractivity contribution in [3.63, 3.8) is 0 Å². The van der Waals surface area contributed by atoms with Crippen molar-refractivity contribution in [1.82, 2.24) is 4.31 Å². The van der Waals surface area contributed by atoms with Crippen molar-refractivity contribution in [3.8, 4) is 0 Å². The highest BCUT2D eigenvalue weighted by atomic mass is 32.2. The quantitative estimate of drug-likeness (QED) is 0.581. The lowest BCUT2D eigenvalue weighted by atomic mass is 10.2. The zero-order valence-electron chi connectivity index (χ0n) is 13.7. The topological polar surface area (TPSA) is 130 Å². The average molecular weight is 395 g/mol. The van der Waals surface area contributed by atoms with Crippen molar-refractivity contribution in [2.45, 2.75) is 11.0 Å². The van der Waals surface area contributed by atoms with Crippen LogP contribution < -0.4 is 5.32 Å². The predicted octanol–water partition coefficient (Wildman–Crippen LogP) is 1.35. The summed E-state index contributed by atoms with van der Waals surface area (Å²) in [6.07, 6.45) is -0.708. The molecule has 0 spiro atoms. The minimum atomic E-state index is -3.83. The van der Waals surface area contributed by atoms with Gasteiger partial charge in [0.05, 0.1) is 15.9 Å². The second-order valence-corrected chi connectivity index (χ2v) is 7.82. The summed E-state index contributed by atoms with van der Waals surface area (Å²) < 4.78 is 39.3. The van der Waals surface area contributed by atoms with Gasteiger partial charge in [0.1, 0.15) is 0 Å². The van der Waals surface area contributed by atoms with Gasteiger partial charge in [-0.05, 0) is 30.3 Å². The number of benzene rings is 2. The highest BCUT2D eigenvalue weighted by Crippen LogP contribution is 2.24. The Morgan fingerprint density at radius 1 is 1.26 bits per heavy atom. The predicted molar refractivity (Wildman–Crippen MR) is 92.2 cm³/mol. The lowest BCUT2D eigenvalue weighted by Crippen LogP contribution is -2.53. The van der Waals surface area contributed by atoms with Gasteiger partial charge in [-0.2, -0.15) is 8.70 Å². The Hall–Kier alpha value is -2.89. The maximum absolute atomic E-state index is 13.4. The molecule has 3 rings (SSSR count). The molecule has 1 saturated heterocycles. The van der Waals surface area contributed by atoms with Crippen LogP contribution in [-0.2, 0) is 10.0 Å². The van der Waals surface area contributed by atoms with Crippen LogP contribution in [0.15, 0.2) is 47.4 Å². The van der Waals surface area contributed by atoms with E-state index in [0.29, 0.717) is 0 Å². The molecule has 9 nitrogen and oxygen atoms in total. The fourth-order valence-electron chi connectivity index (χ4n) is 2.49. The SMILES string of the molecule is O=C(Nc1ccc(F)c([N+](=O)[O-])c1)c1cccc(S(=O)(=O)N2CC(O)C2)c1. The molecule has 0 atom stereocenters. The number of rotatable bonds is 5. The lowest BCUT2D eigenvalue weighted by molar-refractivity contribution is -0.387. The van der Waals surface area contributed by atoms with E-state index in [-0.39, 0.29) is 29.2 Å². The fourth-order valence-corrected chi connectivity index (χ4v) is 4.05. The number of nitrogens with one attached hydrogen (secondary N) is 1. The Bertz CT molecular complexity index is 1020. The Morgan fingerprint density at radius 2 is 1.96 bits per heavy atom. The Kier molecular flexibility index (Phi) is 4.91. The fraction of sp³-hybridized carbons (Fsp3) is 0.188. The number of aliphatic hydroxyl groups excluding tert-OH is 1. The number of nitro benzene ring substituents is 1. The molecule has 11 heteroatoms. The normalized spacial score (nSPS) is 15.2. The Balaban J connectivity index is 1.82. The molecule has 142 valence electrons. The first kappa shape index (κ1) is 18.9. The van der Waals surface area contributed by atoms with Gasteiger partial charge >= 0.3 is 5.69 Å². The minimum Gasteiger partial charge on any atom is -0.390 e. The maximum atomic E-state index is 13.4. The van der Waals surface area contributed by atoms with Crippen molar-refractivity contribution in [1.29, 1.82) is 0 Å². The third-order valence-corrected chi connectivity index (χ3v) is 5.79. The first-order valence-corrected chi connectivity index (χ1v) is 9.16. The maximum Gasteiger partial charge on any atom is 0.306 e. The second kappa shape index (κ2) is 7.02. The molecule has 27 heavy (non-hydrogen) atoms. The molecule has 0 aromatic heterocycles. The van der Waals surface area contributed by atoms with Crippen molar-refractivity contribution in [2.24, 2.45) is 0 Å². The van der Waals surface area contributed by atoms with E-state index in [4.69, 9.17) is 0 Å². The van der Waals surface area contributed by atoms with Gasteiger partial charge in [-0.15, -0.1) is 0 Å². The number of carbonyl (C=O) groups is 1. The Labute approximate surface area is 153 Å². The van der Waals surface area contributed by atoms with Crippen LogP contribution >= 0.6 is 0 Å². The number of amides is 1. The molecule has 1 aliphatic heterocycles. The van der Waals surface area contributed by atoms with E-state index in [1.165, 1.54) is 18.2 Å². The number of sulfonamides is 1. The van der Waals surface area contributed by atoms with E-state index < -0.39 is 38.5 Å². The van der Waals surface area contributed by atoms with Crippen LogP contribution in [0.1, 0.15) is 10.4 Å². The van der Waals surface area contributed by atoms with Gasteiger partial charge in [-0.1, -0.05) is 6.07 Å². The number of anilines is 1. The van der Waals surface area contributed by atoms with E-state index in [2.05, 4.69) is 5.32 Å². The summed E-state index contributed by atoms with van der Waals surface area (Å²) in [6.45, 7) is -0.0317. The number of nitrogens with zero attached hydrogens (tertiary/aromatic N) is 2. The van der Waals surface area contributed by atoms with Gasteiger partial charge in [0, 0.05) is 30.4 Å². The second-order valence-electron chi connectivity index (χ2n) is 5.88. The number of hydrogen-bond donors (Lipinski definition) is 2. The third-order valence-electron chi connectivity index (χ3n) is 3.96. The smallest absolute Gasteiger partial charge is 0.306 e. The summed E-state index contributed by atoms with van der Waals surface area (Å²) in [5.41, 5.74) is -0.795. The highest BCUT2D eigenvalue weighted by Gasteiger charge is 2.35. The molecule has 1 heterocycles. The zero-order valence-corrected chi connectivity index (χ0v) is 14.5. The summed E-state index contributed by atoms with van der Waals surface area (Å²) in [7, 11) is -3.83. The highest BCUT2D eigenvalue weighted by molar-refractivity contribution is 7.89. The van der Waals surface area contributed by atoms with Crippen LogP contribution in [-0.4, -0.2) is 47.9 Å². The molecule has 0 radical (unpaired) electrons. The average Bonchev–Trinajstić information content (AvgIpc) is 2.60. The number of nitro groups is 1. The standard InChI is InChI=1S/C16H14FN3O6S/c17-14-5-4-11(7-15(14)20(23)24)18-16(22)10-2-1-3-13(6-10)27(25,26)19-8-12(21)9-19/h1-7,12,21H,8-9H2,(H,18,22). The van der Waals surface area contributed by atoms with Crippen molar-refractivity contribution in [3.05, 3.63) is 64.0 Å². The van der Waals surface area contributed by atoms with Crippen LogP contribution in [0.5, 0.6) is 0 Å². The molecule has 2 N–H and O–H groups in total. The van der Waals surface area contributed by atoms with Gasteiger partial charge in [0.15, 0.2) is 0 Å². The number of halogens is 1. The molecular weight excluding hydrogens is 381 g/mol. The summed E-state index contributed by atoms with van der Waals surface area (Å²) in [5, 5.41) is 22.4. The van der Waals surface area contributed by atoms with Crippen LogP contribution in [0.2, 0.25) is 0 Å². The van der Waals surface area contributed by atoms with Crippen molar-refractivity contribution in [2.75, 3.05) is 18.4 Å². The molecule has 1 amide bonds. The van der Waals surface area contributed by atoms with E-state index in [1.807, 2.05) is 0 Å². The molecule has 0 aliphatic carbocycles. The monoisotopic (exact) mass is 395 g/mol. The van der Waals surface area contributed by atoms with E-state index in [9.17, 15) is 32.8 Å². The van der Waals surface area contributed by atoms with Crippen LogP contribution in [0.3, 0.4) is 0 Å². The molecule has 1 fully saturated rings. The molecule has 0 bridgehead atoms. The molecule has 0 saturated carbocycles. The zero-order chi connectivity index (χ0) is 19.8. The van der Waals surface area contributed by atoms with Gasteiger partial charge < -0.3 is 10.4 Å². The minimum absolute atomic E-state index is 0.00382. The summed E-state index contributed by atoms with van der Waals surface area (Å²) in [6, 6.07) is 8.11. The summed E-state index contributed by atoms with van der Waals surface area (Å²) >= 11 is 0. The number of aliphatic hydroxyl groups is 1. The summed E-state index contributed by atoms with van der Waals surface area (Å²) in [5.74, 6) is -1.75. The Morgan fingerprint density at radius 3 is 2.59 bits per heavy atom. The van der Waals surface area contributed by atoms with Gasteiger partial charge in [-0.3, -0.25) is 14.9 Å². The first-order valence-electron chi connectivity index (χ1n) is 7.72. The number of β-amino-alcohol motifs (C(OH)–C–C–N with tert-alkyl or cyclic N) is 1. The number of hydrogen-bond acceptors (Lipinski definition) is 6. The molecular formula is C16H14FN3O6S. The van der Waals surface area contributed by atoms with Crippen LogP contribution in [0.4, 0.5) is 15.8 Å². The summed E-state index contributed by atoms with van der Waals surface area (Å²) in [4.78, 5) is 22.1. The molecule has 0 unspecified atom stereocenters. The number of carbonyl (C=O) groups excluding carboxylic acids is 1. The third kappa shape index (κ3) is 3.79. The van der Waals surface area contributed by atoms with Crippen LogP contribution in [0, 0.1) is 15.9 Å². The van der Waals surface area contributed by atoms with Gasteiger partial charge in [0.25, 0.3) is 5.91 Å². The molecule has 2 aromatic carbocycles. The van der Waals surface area contributed by atoms with Crippen LogP contribution in [0.25, 0.3) is 0 Å². The van der Waals surface area contributed by atoms with Crippen molar-refractivity contribution < 1.29 is 27.6 Å². The van der Waals surface area contributed by atoms with E-state index in [1.54, 1.807) is 0 Å². The molecule has 1 aliphatic rings. The van der Waals surface area contributed by atoms with Gasteiger partial charge in [-0.25, -0.2) is 8.42 Å². The lowest BCUT2D eigenvalue weighted by Gasteiger charge is -2.34.